The highest BCUT2D eigenvalue weighted by atomic mass is 79.9. The Morgan fingerprint density at radius 2 is 2.20 bits per heavy atom. The summed E-state index contributed by atoms with van der Waals surface area (Å²) < 4.78 is 4.34. The van der Waals surface area contributed by atoms with Gasteiger partial charge in [-0.2, -0.15) is 0 Å². The van der Waals surface area contributed by atoms with E-state index >= 15 is 0 Å². The van der Waals surface area contributed by atoms with Crippen LogP contribution in [0.3, 0.4) is 0 Å². The van der Waals surface area contributed by atoms with Crippen LogP contribution >= 0.6 is 28.1 Å². The van der Waals surface area contributed by atoms with E-state index in [9.17, 15) is 0 Å². The van der Waals surface area contributed by atoms with Gasteiger partial charge in [-0.1, -0.05) is 22.4 Å². The standard InChI is InChI=1S/C16H19BrN2S/c1-9(13-7-10-2-3-11(13)6-10)19-15-8-12(17)4-5-14(15)18-16(19)20/h4-5,8-11,13H,2-3,6-7H2,1H3,(H,18,20). The molecule has 1 aromatic carbocycles. The predicted octanol–water partition coefficient (Wildman–Crippen LogP) is 5.46. The van der Waals surface area contributed by atoms with Gasteiger partial charge in [0.25, 0.3) is 0 Å². The maximum atomic E-state index is 5.59. The van der Waals surface area contributed by atoms with Gasteiger partial charge in [0, 0.05) is 10.5 Å². The minimum absolute atomic E-state index is 0.501. The Morgan fingerprint density at radius 1 is 1.35 bits per heavy atom. The number of halogens is 1. The second-order valence-electron chi connectivity index (χ2n) is 6.54. The second kappa shape index (κ2) is 4.70. The van der Waals surface area contributed by atoms with E-state index in [2.05, 4.69) is 50.6 Å². The first-order chi connectivity index (χ1) is 9.63. The topological polar surface area (TPSA) is 20.7 Å². The third-order valence-corrected chi connectivity index (χ3v) is 6.29. The van der Waals surface area contributed by atoms with E-state index in [4.69, 9.17) is 12.2 Å². The van der Waals surface area contributed by atoms with Crippen molar-refractivity contribution in [1.29, 1.82) is 0 Å². The molecule has 0 amide bonds. The molecule has 20 heavy (non-hydrogen) atoms. The molecule has 4 heteroatoms. The maximum absolute atomic E-state index is 5.59. The first kappa shape index (κ1) is 13.1. The predicted molar refractivity (Wildman–Crippen MR) is 88.5 cm³/mol. The van der Waals surface area contributed by atoms with Crippen LogP contribution in [-0.2, 0) is 0 Å². The van der Waals surface area contributed by atoms with Crippen molar-refractivity contribution in [2.24, 2.45) is 17.8 Å². The molecule has 106 valence electrons. The van der Waals surface area contributed by atoms with E-state index in [1.165, 1.54) is 31.2 Å². The minimum atomic E-state index is 0.501. The number of fused-ring (bicyclic) bond motifs is 3. The smallest absolute Gasteiger partial charge is 0.178 e. The molecule has 2 nitrogen and oxygen atoms in total. The lowest BCUT2D eigenvalue weighted by Crippen LogP contribution is -2.22. The Labute approximate surface area is 132 Å². The summed E-state index contributed by atoms with van der Waals surface area (Å²) in [7, 11) is 0. The van der Waals surface area contributed by atoms with Crippen molar-refractivity contribution in [1.82, 2.24) is 9.55 Å². The molecular weight excluding hydrogens is 332 g/mol. The Kier molecular flexibility index (Phi) is 3.08. The van der Waals surface area contributed by atoms with Gasteiger partial charge in [0.15, 0.2) is 4.77 Å². The summed E-state index contributed by atoms with van der Waals surface area (Å²) in [5, 5.41) is 0. The first-order valence-electron chi connectivity index (χ1n) is 7.53. The van der Waals surface area contributed by atoms with Gasteiger partial charge in [-0.15, -0.1) is 0 Å². The van der Waals surface area contributed by atoms with Gasteiger partial charge in [-0.25, -0.2) is 0 Å². The summed E-state index contributed by atoms with van der Waals surface area (Å²) in [5.74, 6) is 2.71. The van der Waals surface area contributed by atoms with Gasteiger partial charge in [-0.05, 0) is 74.4 Å². The Hall–Kier alpha value is -0.610. The quantitative estimate of drug-likeness (QED) is 0.713. The molecule has 1 N–H and O–H groups in total. The van der Waals surface area contributed by atoms with E-state index in [-0.39, 0.29) is 0 Å². The number of rotatable bonds is 2. The molecular formula is C16H19BrN2S. The van der Waals surface area contributed by atoms with Crippen LogP contribution in [0, 0.1) is 22.5 Å². The van der Waals surface area contributed by atoms with E-state index < -0.39 is 0 Å². The highest BCUT2D eigenvalue weighted by Crippen LogP contribution is 2.52. The molecule has 2 aromatic rings. The van der Waals surface area contributed by atoms with E-state index in [1.807, 2.05) is 0 Å². The summed E-state index contributed by atoms with van der Waals surface area (Å²) in [6, 6.07) is 6.87. The number of H-pyrrole nitrogens is 1. The van der Waals surface area contributed by atoms with Crippen LogP contribution in [0.25, 0.3) is 11.0 Å². The molecule has 0 radical (unpaired) electrons. The van der Waals surface area contributed by atoms with Crippen molar-refractivity contribution < 1.29 is 0 Å². The zero-order valence-corrected chi connectivity index (χ0v) is 14.0. The Balaban J connectivity index is 1.79. The molecule has 0 spiro atoms. The van der Waals surface area contributed by atoms with Gasteiger partial charge in [0.1, 0.15) is 0 Å². The summed E-state index contributed by atoms with van der Waals surface area (Å²) in [6.07, 6.45) is 5.74. The van der Waals surface area contributed by atoms with E-state index in [1.54, 1.807) is 0 Å². The Morgan fingerprint density at radius 3 is 2.90 bits per heavy atom. The van der Waals surface area contributed by atoms with E-state index in [0.29, 0.717) is 6.04 Å². The molecule has 1 heterocycles. The van der Waals surface area contributed by atoms with Gasteiger partial charge in [0.2, 0.25) is 0 Å². The van der Waals surface area contributed by atoms with Crippen LogP contribution in [0.15, 0.2) is 22.7 Å². The molecule has 2 aliphatic carbocycles. The fourth-order valence-electron chi connectivity index (χ4n) is 4.58. The fraction of sp³-hybridized carbons (Fsp3) is 0.562. The lowest BCUT2D eigenvalue weighted by Gasteiger charge is -2.29. The summed E-state index contributed by atoms with van der Waals surface area (Å²) in [6.45, 7) is 2.36. The number of aromatic amines is 1. The summed E-state index contributed by atoms with van der Waals surface area (Å²) in [5.41, 5.74) is 2.38. The van der Waals surface area contributed by atoms with Crippen molar-refractivity contribution in [3.8, 4) is 0 Å². The van der Waals surface area contributed by atoms with Gasteiger partial charge in [-0.3, -0.25) is 0 Å². The monoisotopic (exact) mass is 350 g/mol. The van der Waals surface area contributed by atoms with Gasteiger partial charge < -0.3 is 9.55 Å². The Bertz CT molecular complexity index is 717. The zero-order chi connectivity index (χ0) is 13.9. The van der Waals surface area contributed by atoms with Crippen LogP contribution in [0.4, 0.5) is 0 Å². The van der Waals surface area contributed by atoms with Crippen molar-refractivity contribution >= 4 is 39.2 Å². The number of aromatic nitrogens is 2. The highest BCUT2D eigenvalue weighted by Gasteiger charge is 2.42. The van der Waals surface area contributed by atoms with Crippen LogP contribution in [-0.4, -0.2) is 9.55 Å². The number of benzene rings is 1. The average Bonchev–Trinajstić information content (AvgIpc) is 3.10. The number of nitrogens with zero attached hydrogens (tertiary/aromatic N) is 1. The second-order valence-corrected chi connectivity index (χ2v) is 7.84. The largest absolute Gasteiger partial charge is 0.331 e. The van der Waals surface area contributed by atoms with Crippen molar-refractivity contribution in [2.45, 2.75) is 38.6 Å². The molecule has 4 rings (SSSR count). The third-order valence-electron chi connectivity index (χ3n) is 5.50. The molecule has 0 saturated heterocycles. The van der Waals surface area contributed by atoms with Crippen LogP contribution < -0.4 is 0 Å². The van der Waals surface area contributed by atoms with Crippen LogP contribution in [0.1, 0.15) is 38.6 Å². The molecule has 2 aliphatic rings. The van der Waals surface area contributed by atoms with Crippen LogP contribution in [0.5, 0.6) is 0 Å². The lowest BCUT2D eigenvalue weighted by atomic mass is 9.84. The first-order valence-corrected chi connectivity index (χ1v) is 8.73. The number of hydrogen-bond acceptors (Lipinski definition) is 1. The molecule has 2 bridgehead atoms. The van der Waals surface area contributed by atoms with E-state index in [0.717, 1.165) is 32.5 Å². The number of hydrogen-bond donors (Lipinski definition) is 1. The SMILES string of the molecule is CC(C1CC2CCC1C2)n1c(=S)[nH]c2ccc(Br)cc21. The van der Waals surface area contributed by atoms with Crippen molar-refractivity contribution in [3.63, 3.8) is 0 Å². The van der Waals surface area contributed by atoms with Crippen LogP contribution in [0.2, 0.25) is 0 Å². The summed E-state index contributed by atoms with van der Waals surface area (Å²) >= 11 is 9.17. The molecule has 4 unspecified atom stereocenters. The minimum Gasteiger partial charge on any atom is -0.331 e. The lowest BCUT2D eigenvalue weighted by molar-refractivity contribution is 0.245. The zero-order valence-electron chi connectivity index (χ0n) is 11.6. The van der Waals surface area contributed by atoms with Crippen molar-refractivity contribution in [2.75, 3.05) is 0 Å². The highest BCUT2D eigenvalue weighted by molar-refractivity contribution is 9.10. The molecule has 0 aliphatic heterocycles. The average molecular weight is 351 g/mol. The molecule has 2 fully saturated rings. The number of nitrogens with one attached hydrogen (secondary N) is 1. The molecule has 2 saturated carbocycles. The fourth-order valence-corrected chi connectivity index (χ4v) is 5.30. The van der Waals surface area contributed by atoms with Gasteiger partial charge >= 0.3 is 0 Å². The molecule has 4 atom stereocenters. The summed E-state index contributed by atoms with van der Waals surface area (Å²) in [4.78, 5) is 3.36. The normalized spacial score (nSPS) is 30.2. The van der Waals surface area contributed by atoms with Gasteiger partial charge in [0.05, 0.1) is 11.0 Å². The number of imidazole rings is 1. The van der Waals surface area contributed by atoms with Crippen molar-refractivity contribution in [3.05, 3.63) is 27.4 Å². The molecule has 1 aromatic heterocycles. The maximum Gasteiger partial charge on any atom is 0.178 e. The third kappa shape index (κ3) is 1.92.